The number of esters is 1. The van der Waals surface area contributed by atoms with Crippen LogP contribution >= 0.6 is 22.6 Å². The Kier molecular flexibility index (Phi) is 6.24. The third kappa shape index (κ3) is 4.70. The van der Waals surface area contributed by atoms with E-state index in [2.05, 4.69) is 22.6 Å². The first kappa shape index (κ1) is 16.2. The van der Waals surface area contributed by atoms with Crippen molar-refractivity contribution in [3.63, 3.8) is 0 Å². The van der Waals surface area contributed by atoms with Crippen molar-refractivity contribution in [2.75, 3.05) is 25.9 Å². The highest BCUT2D eigenvalue weighted by Crippen LogP contribution is 2.16. The second-order valence-electron chi connectivity index (χ2n) is 4.03. The Labute approximate surface area is 130 Å². The summed E-state index contributed by atoms with van der Waals surface area (Å²) in [5.74, 6) is -0.999. The number of carbonyl (C=O) groups is 2. The van der Waals surface area contributed by atoms with Gasteiger partial charge in [0.2, 0.25) is 0 Å². The number of benzene rings is 1. The maximum absolute atomic E-state index is 11.8. The van der Waals surface area contributed by atoms with Crippen molar-refractivity contribution in [1.82, 2.24) is 4.90 Å². The highest BCUT2D eigenvalue weighted by molar-refractivity contribution is 14.1. The van der Waals surface area contributed by atoms with Crippen LogP contribution in [-0.2, 0) is 9.53 Å². The first-order chi connectivity index (χ1) is 9.45. The summed E-state index contributed by atoms with van der Waals surface area (Å²) >= 11 is 2.05. The lowest BCUT2D eigenvalue weighted by molar-refractivity contribution is -0.133. The number of halogens is 1. The predicted molar refractivity (Wildman–Crippen MR) is 81.7 cm³/mol. The van der Waals surface area contributed by atoms with Gasteiger partial charge in [-0.15, -0.1) is 0 Å². The summed E-state index contributed by atoms with van der Waals surface area (Å²) in [7, 11) is 1.55. The van der Waals surface area contributed by atoms with E-state index in [-0.39, 0.29) is 24.5 Å². The van der Waals surface area contributed by atoms with Crippen molar-refractivity contribution in [3.05, 3.63) is 27.3 Å². The SMILES string of the molecule is CN(CCC#N)C(=O)COC(=O)c1cc(I)ccc1N. The zero-order valence-electron chi connectivity index (χ0n) is 10.9. The molecule has 1 rings (SSSR count). The third-order valence-electron chi connectivity index (χ3n) is 2.55. The van der Waals surface area contributed by atoms with Crippen LogP contribution in [0.2, 0.25) is 0 Å². The molecule has 0 aromatic heterocycles. The van der Waals surface area contributed by atoms with Crippen LogP contribution < -0.4 is 5.73 Å². The smallest absolute Gasteiger partial charge is 0.340 e. The van der Waals surface area contributed by atoms with Gasteiger partial charge in [-0.1, -0.05) is 0 Å². The second-order valence-corrected chi connectivity index (χ2v) is 5.28. The van der Waals surface area contributed by atoms with Gasteiger partial charge in [-0.25, -0.2) is 4.79 Å². The van der Waals surface area contributed by atoms with Crippen LogP contribution in [0.3, 0.4) is 0 Å². The molecule has 0 fully saturated rings. The van der Waals surface area contributed by atoms with Gasteiger partial charge in [0.05, 0.1) is 18.1 Å². The van der Waals surface area contributed by atoms with E-state index in [1.807, 2.05) is 6.07 Å². The summed E-state index contributed by atoms with van der Waals surface area (Å²) < 4.78 is 5.78. The third-order valence-corrected chi connectivity index (χ3v) is 3.22. The molecule has 7 heteroatoms. The van der Waals surface area contributed by atoms with Gasteiger partial charge in [-0.2, -0.15) is 5.26 Å². The lowest BCUT2D eigenvalue weighted by Gasteiger charge is -2.15. The highest BCUT2D eigenvalue weighted by Gasteiger charge is 2.15. The Bertz CT molecular complexity index is 554. The van der Waals surface area contributed by atoms with E-state index in [0.29, 0.717) is 12.2 Å². The fraction of sp³-hybridized carbons (Fsp3) is 0.308. The molecular weight excluding hydrogens is 373 g/mol. The lowest BCUT2D eigenvalue weighted by atomic mass is 10.2. The van der Waals surface area contributed by atoms with E-state index in [1.165, 1.54) is 4.90 Å². The molecule has 1 aromatic rings. The number of nitrogen functional groups attached to an aromatic ring is 1. The Hall–Kier alpha value is -1.82. The number of rotatable bonds is 5. The minimum absolute atomic E-state index is 0.236. The van der Waals surface area contributed by atoms with Gasteiger partial charge in [-0.3, -0.25) is 4.79 Å². The van der Waals surface area contributed by atoms with Crippen molar-refractivity contribution in [3.8, 4) is 6.07 Å². The molecule has 0 heterocycles. The van der Waals surface area contributed by atoms with Crippen LogP contribution in [-0.4, -0.2) is 37.0 Å². The number of amides is 1. The predicted octanol–water partition coefficient (Wildman–Crippen LogP) is 1.40. The van der Waals surface area contributed by atoms with E-state index >= 15 is 0 Å². The molecule has 0 unspecified atom stereocenters. The van der Waals surface area contributed by atoms with Crippen molar-refractivity contribution in [1.29, 1.82) is 5.26 Å². The van der Waals surface area contributed by atoms with Crippen LogP contribution in [0.4, 0.5) is 5.69 Å². The van der Waals surface area contributed by atoms with Gasteiger partial charge in [0.15, 0.2) is 6.61 Å². The van der Waals surface area contributed by atoms with Gasteiger partial charge in [0.1, 0.15) is 0 Å². The summed E-state index contributed by atoms with van der Waals surface area (Å²) in [6, 6.07) is 6.92. The lowest BCUT2D eigenvalue weighted by Crippen LogP contribution is -2.32. The van der Waals surface area contributed by atoms with E-state index in [9.17, 15) is 9.59 Å². The molecular formula is C13H14IN3O3. The zero-order chi connectivity index (χ0) is 15.1. The van der Waals surface area contributed by atoms with E-state index in [1.54, 1.807) is 25.2 Å². The molecule has 1 amide bonds. The number of anilines is 1. The van der Waals surface area contributed by atoms with Crippen molar-refractivity contribution >= 4 is 40.2 Å². The molecule has 2 N–H and O–H groups in total. The highest BCUT2D eigenvalue weighted by atomic mass is 127. The average molecular weight is 387 g/mol. The Morgan fingerprint density at radius 2 is 2.20 bits per heavy atom. The molecule has 0 saturated heterocycles. The fourth-order valence-corrected chi connectivity index (χ4v) is 1.85. The van der Waals surface area contributed by atoms with Crippen LogP contribution in [0.5, 0.6) is 0 Å². The molecule has 0 atom stereocenters. The molecule has 0 bridgehead atoms. The van der Waals surface area contributed by atoms with Crippen molar-refractivity contribution in [2.45, 2.75) is 6.42 Å². The minimum atomic E-state index is -0.636. The topological polar surface area (TPSA) is 96.4 Å². The minimum Gasteiger partial charge on any atom is -0.452 e. The van der Waals surface area contributed by atoms with Crippen LogP contribution in [0.15, 0.2) is 18.2 Å². The largest absolute Gasteiger partial charge is 0.452 e. The van der Waals surface area contributed by atoms with Gasteiger partial charge in [0.25, 0.3) is 5.91 Å². The summed E-state index contributed by atoms with van der Waals surface area (Å²) in [6.45, 7) is -0.0655. The molecule has 1 aromatic carbocycles. The molecule has 20 heavy (non-hydrogen) atoms. The Morgan fingerprint density at radius 1 is 1.50 bits per heavy atom. The maximum Gasteiger partial charge on any atom is 0.340 e. The van der Waals surface area contributed by atoms with Crippen LogP contribution in [0.25, 0.3) is 0 Å². The van der Waals surface area contributed by atoms with Crippen LogP contribution in [0.1, 0.15) is 16.8 Å². The van der Waals surface area contributed by atoms with E-state index < -0.39 is 5.97 Å². The second kappa shape index (κ2) is 7.69. The zero-order valence-corrected chi connectivity index (χ0v) is 13.1. The number of ether oxygens (including phenoxy) is 1. The van der Waals surface area contributed by atoms with Gasteiger partial charge >= 0.3 is 5.97 Å². The quantitative estimate of drug-likeness (QED) is 0.468. The van der Waals surface area contributed by atoms with E-state index in [0.717, 1.165) is 3.57 Å². The number of hydrogen-bond acceptors (Lipinski definition) is 5. The summed E-state index contributed by atoms with van der Waals surface area (Å²) in [5.41, 5.74) is 6.23. The average Bonchev–Trinajstić information content (AvgIpc) is 2.44. The van der Waals surface area contributed by atoms with Crippen molar-refractivity contribution in [2.24, 2.45) is 0 Å². The molecule has 0 saturated carbocycles. The first-order valence-corrected chi connectivity index (χ1v) is 6.86. The number of nitriles is 1. The Morgan fingerprint density at radius 3 is 2.85 bits per heavy atom. The molecule has 0 aliphatic carbocycles. The van der Waals surface area contributed by atoms with Crippen LogP contribution in [0, 0.1) is 14.9 Å². The Balaban J connectivity index is 2.57. The maximum atomic E-state index is 11.8. The molecule has 0 spiro atoms. The molecule has 0 aliphatic heterocycles. The molecule has 0 aliphatic rings. The number of carbonyl (C=O) groups excluding carboxylic acids is 2. The normalized spacial score (nSPS) is 9.65. The monoisotopic (exact) mass is 387 g/mol. The summed E-state index contributed by atoms with van der Waals surface area (Å²) in [6.07, 6.45) is 0.236. The standard InChI is InChI=1S/C13H14IN3O3/c1-17(6-2-5-15)12(18)8-20-13(19)10-7-9(14)3-4-11(10)16/h3-4,7H,2,6,8,16H2,1H3. The fourth-order valence-electron chi connectivity index (χ4n) is 1.36. The van der Waals surface area contributed by atoms with Gasteiger partial charge < -0.3 is 15.4 Å². The number of nitrogens with two attached hydrogens (primary N) is 1. The molecule has 6 nitrogen and oxygen atoms in total. The van der Waals surface area contributed by atoms with Gasteiger partial charge in [0, 0.05) is 22.8 Å². The van der Waals surface area contributed by atoms with E-state index in [4.69, 9.17) is 15.7 Å². The summed E-state index contributed by atoms with van der Waals surface area (Å²) in [5, 5.41) is 8.43. The number of nitrogens with zero attached hydrogens (tertiary/aromatic N) is 2. The molecule has 106 valence electrons. The van der Waals surface area contributed by atoms with Gasteiger partial charge in [-0.05, 0) is 40.8 Å². The molecule has 0 radical (unpaired) electrons. The van der Waals surface area contributed by atoms with Crippen molar-refractivity contribution < 1.29 is 14.3 Å². The number of hydrogen-bond donors (Lipinski definition) is 1. The summed E-state index contributed by atoms with van der Waals surface area (Å²) in [4.78, 5) is 24.8. The first-order valence-electron chi connectivity index (χ1n) is 5.78. The number of likely N-dealkylation sites (N-methyl/N-ethyl adjacent to an activating group) is 1.